The zero-order valence-electron chi connectivity index (χ0n) is 34.6. The maximum atomic E-state index is 14.3. The number of halogens is 2. The fourth-order valence-corrected chi connectivity index (χ4v) is 8.45. The third-order valence-electron chi connectivity index (χ3n) is 9.92. The highest BCUT2D eigenvalue weighted by Gasteiger charge is 2.45. The van der Waals surface area contributed by atoms with Crippen molar-refractivity contribution in [1.29, 1.82) is 0 Å². The number of imide groups is 2. The number of carbonyl (C=O) groups is 5. The topological polar surface area (TPSA) is 260 Å². The Hall–Kier alpha value is -5.75. The molecule has 1 fully saturated rings. The van der Waals surface area contributed by atoms with E-state index in [1.165, 1.54) is 24.4 Å². The van der Waals surface area contributed by atoms with Crippen molar-refractivity contribution in [3.63, 3.8) is 0 Å². The molecule has 64 heavy (non-hydrogen) atoms. The van der Waals surface area contributed by atoms with Crippen LogP contribution in [0.25, 0.3) is 0 Å². The van der Waals surface area contributed by atoms with E-state index in [1.54, 1.807) is 37.3 Å². The fraction of sp³-hybridized carbons (Fsp3) is 0.357. The van der Waals surface area contributed by atoms with Gasteiger partial charge in [-0.2, -0.15) is 4.98 Å². The number of anilines is 4. The molecule has 3 heterocycles. The molecule has 0 saturated carbocycles. The van der Waals surface area contributed by atoms with Gasteiger partial charge in [0, 0.05) is 31.5 Å². The molecule has 2 aliphatic rings. The van der Waals surface area contributed by atoms with Crippen molar-refractivity contribution >= 4 is 78.6 Å². The number of ether oxygens (including phenoxy) is 4. The number of fused-ring (bicyclic) bond motifs is 1. The van der Waals surface area contributed by atoms with E-state index in [2.05, 4.69) is 46.6 Å². The molecule has 1 atom stereocenters. The summed E-state index contributed by atoms with van der Waals surface area (Å²) in [7, 11) is -3.86. The van der Waals surface area contributed by atoms with Crippen LogP contribution in [0.5, 0.6) is 0 Å². The van der Waals surface area contributed by atoms with E-state index in [1.807, 2.05) is 0 Å². The van der Waals surface area contributed by atoms with Gasteiger partial charge in [0.1, 0.15) is 17.7 Å². The molecule has 5 amide bonds. The quantitative estimate of drug-likeness (QED) is 0.0496. The summed E-state index contributed by atoms with van der Waals surface area (Å²) in [5, 5.41) is 8.09. The lowest BCUT2D eigenvalue weighted by Gasteiger charge is -2.27. The number of nitrogens with zero attached hydrogens (tertiary/aromatic N) is 3. The summed E-state index contributed by atoms with van der Waals surface area (Å²) in [5.41, 5.74) is 7.32. The highest BCUT2D eigenvalue weighted by atomic mass is 79.9. The first-order chi connectivity index (χ1) is 30.7. The van der Waals surface area contributed by atoms with E-state index < -0.39 is 51.4 Å². The van der Waals surface area contributed by atoms with E-state index in [0.29, 0.717) is 67.2 Å². The number of hydrogen-bond acceptors (Lipinski definition) is 15. The second-order valence-electron chi connectivity index (χ2n) is 14.4. The zero-order valence-corrected chi connectivity index (χ0v) is 37.0. The minimum Gasteiger partial charge on any atom is -0.379 e. The Balaban J connectivity index is 0.809. The third-order valence-corrected chi connectivity index (χ3v) is 12.1. The normalized spacial score (nSPS) is 15.0. The van der Waals surface area contributed by atoms with Crippen molar-refractivity contribution in [3.8, 4) is 0 Å². The van der Waals surface area contributed by atoms with Gasteiger partial charge in [0.25, 0.3) is 17.7 Å². The molecule has 1 unspecified atom stereocenters. The van der Waals surface area contributed by atoms with Crippen molar-refractivity contribution in [3.05, 3.63) is 98.9 Å². The van der Waals surface area contributed by atoms with Crippen LogP contribution in [0.4, 0.5) is 27.5 Å². The van der Waals surface area contributed by atoms with E-state index in [9.17, 15) is 36.8 Å². The number of hydrogen-bond donors (Lipinski definition) is 5. The molecule has 0 radical (unpaired) electrons. The molecule has 2 aliphatic heterocycles. The molecule has 19 nitrogen and oxygen atoms in total. The van der Waals surface area contributed by atoms with Gasteiger partial charge < -0.3 is 35.3 Å². The number of amides is 5. The van der Waals surface area contributed by atoms with E-state index in [4.69, 9.17) is 24.7 Å². The predicted molar refractivity (Wildman–Crippen MR) is 232 cm³/mol. The SMILES string of the molecule is Cc1cc(Nc2ncc(Br)c(Nc3cccc(F)c3C(N)=O)n2)ccc1S(=O)(=O)NCCOCCOCCOCCOCCCc1cccc2c1C(=O)N(C1CCC(=O)NC1=O)C2=O. The number of carbonyl (C=O) groups excluding carboxylic acids is 5. The summed E-state index contributed by atoms with van der Waals surface area (Å²) in [4.78, 5) is 71.6. The third kappa shape index (κ3) is 12.1. The average molecular weight is 970 g/mol. The molecule has 0 aliphatic carbocycles. The van der Waals surface area contributed by atoms with Crippen LogP contribution in [0.15, 0.2) is 70.2 Å². The van der Waals surface area contributed by atoms with Crippen molar-refractivity contribution < 1.29 is 55.7 Å². The minimum absolute atomic E-state index is 0.0324. The number of benzene rings is 3. The highest BCUT2D eigenvalue weighted by molar-refractivity contribution is 9.10. The van der Waals surface area contributed by atoms with Gasteiger partial charge in [-0.05, 0) is 89.6 Å². The fourth-order valence-electron chi connectivity index (χ4n) is 6.92. The molecule has 4 aromatic rings. The lowest BCUT2D eigenvalue weighted by atomic mass is 9.99. The number of primary amides is 1. The Morgan fingerprint density at radius 3 is 2.30 bits per heavy atom. The summed E-state index contributed by atoms with van der Waals surface area (Å²) in [6, 6.07) is 12.7. The number of aromatic nitrogens is 2. The van der Waals surface area contributed by atoms with Crippen LogP contribution >= 0.6 is 15.9 Å². The Morgan fingerprint density at radius 1 is 0.922 bits per heavy atom. The summed E-state index contributed by atoms with van der Waals surface area (Å²) in [6.07, 6.45) is 2.67. The van der Waals surface area contributed by atoms with Crippen molar-refractivity contribution in [2.75, 3.05) is 70.0 Å². The van der Waals surface area contributed by atoms with Crippen LogP contribution in [0.2, 0.25) is 0 Å². The van der Waals surface area contributed by atoms with Gasteiger partial charge in [-0.15, -0.1) is 0 Å². The maximum absolute atomic E-state index is 14.3. The molecular formula is C42H46BrFN8O11S. The van der Waals surface area contributed by atoms with E-state index >= 15 is 0 Å². The van der Waals surface area contributed by atoms with Crippen molar-refractivity contribution in [1.82, 2.24) is 24.9 Å². The lowest BCUT2D eigenvalue weighted by molar-refractivity contribution is -0.136. The zero-order chi connectivity index (χ0) is 45.8. The van der Waals surface area contributed by atoms with Gasteiger partial charge in [-0.25, -0.2) is 22.5 Å². The molecule has 340 valence electrons. The molecule has 0 bridgehead atoms. The van der Waals surface area contributed by atoms with Gasteiger partial charge in [-0.3, -0.25) is 34.2 Å². The Labute approximate surface area is 376 Å². The molecule has 0 spiro atoms. The Kier molecular flexibility index (Phi) is 16.6. The molecule has 1 saturated heterocycles. The Morgan fingerprint density at radius 2 is 1.61 bits per heavy atom. The van der Waals surface area contributed by atoms with E-state index in [-0.39, 0.29) is 78.2 Å². The second-order valence-corrected chi connectivity index (χ2v) is 17.0. The molecule has 22 heteroatoms. The van der Waals surface area contributed by atoms with Crippen LogP contribution in [0, 0.1) is 12.7 Å². The maximum Gasteiger partial charge on any atom is 0.262 e. The molecule has 1 aromatic heterocycles. The summed E-state index contributed by atoms with van der Waals surface area (Å²) >= 11 is 3.33. The number of piperidine rings is 1. The van der Waals surface area contributed by atoms with Crippen LogP contribution in [-0.2, 0) is 45.0 Å². The first-order valence-corrected chi connectivity index (χ1v) is 22.4. The Bertz CT molecular complexity index is 2510. The lowest BCUT2D eigenvalue weighted by Crippen LogP contribution is -2.54. The number of rotatable bonds is 24. The van der Waals surface area contributed by atoms with Gasteiger partial charge >= 0.3 is 0 Å². The van der Waals surface area contributed by atoms with E-state index in [0.717, 1.165) is 11.0 Å². The van der Waals surface area contributed by atoms with Crippen molar-refractivity contribution in [2.24, 2.45) is 5.73 Å². The van der Waals surface area contributed by atoms with Crippen LogP contribution < -0.4 is 26.4 Å². The first kappa shape index (κ1) is 47.7. The van der Waals surface area contributed by atoms with Crippen LogP contribution in [0.3, 0.4) is 0 Å². The van der Waals surface area contributed by atoms with Gasteiger partial charge in [0.2, 0.25) is 27.8 Å². The molecule has 6 rings (SSSR count). The number of nitrogens with two attached hydrogens (primary N) is 1. The standard InChI is InChI=1S/C42H46BrFN8O11S/c1-25-23-27(48-42-46-24-29(43)38(51-42)49-31-9-3-8-30(44)36(31)37(45)54)10-12-33(25)64(58,59)47-14-16-61-18-20-63-22-21-62-19-17-60-15-4-6-26-5-2-7-28-35(26)41(57)52(40(28)56)32-11-13-34(53)50-39(32)55/h2-3,5,7-10,12,23-24,32,47H,4,6,11,13-22H2,1H3,(H2,45,54)(H,50,53,55)(H2,46,48,49,51). The summed E-state index contributed by atoms with van der Waals surface area (Å²) in [6.45, 7) is 4.05. The summed E-state index contributed by atoms with van der Waals surface area (Å²) in [5.74, 6) is -3.52. The smallest absolute Gasteiger partial charge is 0.262 e. The minimum atomic E-state index is -3.86. The predicted octanol–water partition coefficient (Wildman–Crippen LogP) is 3.65. The first-order valence-electron chi connectivity index (χ1n) is 20.1. The summed E-state index contributed by atoms with van der Waals surface area (Å²) < 4.78 is 65.5. The van der Waals surface area contributed by atoms with Crippen LogP contribution in [0.1, 0.15) is 61.5 Å². The van der Waals surface area contributed by atoms with Crippen LogP contribution in [-0.4, -0.2) is 118 Å². The molecular weight excluding hydrogens is 923 g/mol. The molecule has 3 aromatic carbocycles. The van der Waals surface area contributed by atoms with Gasteiger partial charge in [-0.1, -0.05) is 18.2 Å². The van der Waals surface area contributed by atoms with Crippen molar-refractivity contribution in [2.45, 2.75) is 43.5 Å². The number of nitrogens with one attached hydrogen (secondary N) is 4. The number of sulfonamides is 1. The largest absolute Gasteiger partial charge is 0.379 e. The highest BCUT2D eigenvalue weighted by Crippen LogP contribution is 2.31. The van der Waals surface area contributed by atoms with Gasteiger partial charge in [0.05, 0.1) is 78.0 Å². The second kappa shape index (κ2) is 22.2. The van der Waals surface area contributed by atoms with Gasteiger partial charge in [0.15, 0.2) is 0 Å². The monoisotopic (exact) mass is 968 g/mol. The molecule has 6 N–H and O–H groups in total. The average Bonchev–Trinajstić information content (AvgIpc) is 3.50. The number of aryl methyl sites for hydroxylation is 2.